The lowest BCUT2D eigenvalue weighted by Crippen LogP contribution is -2.58. The van der Waals surface area contributed by atoms with E-state index in [4.69, 9.17) is 5.73 Å². The lowest BCUT2D eigenvalue weighted by atomic mass is 9.59. The third-order valence-electron chi connectivity index (χ3n) is 3.81. The molecule has 16 heavy (non-hydrogen) atoms. The smallest absolute Gasteiger partial charge is 0.312 e. The number of primary amides is 1. The number of nitrogens with one attached hydrogen (secondary N) is 1. The Morgan fingerprint density at radius 1 is 1.00 bits per heavy atom. The lowest BCUT2D eigenvalue weighted by Gasteiger charge is -2.50. The first kappa shape index (κ1) is 15.3. The Kier molecular flexibility index (Phi) is 4.07. The summed E-state index contributed by atoms with van der Waals surface area (Å²) in [7, 11) is 0. The first-order valence-electron chi connectivity index (χ1n) is 5.86. The predicted molar refractivity (Wildman–Crippen MR) is 69.2 cm³/mol. The van der Waals surface area contributed by atoms with Crippen LogP contribution in [-0.2, 0) is 0 Å². The Bertz CT molecular complexity index is 256. The van der Waals surface area contributed by atoms with E-state index in [0.29, 0.717) is 0 Å². The maximum Gasteiger partial charge on any atom is 0.312 e. The largest absolute Gasteiger partial charge is 0.352 e. The van der Waals surface area contributed by atoms with Gasteiger partial charge < -0.3 is 11.1 Å². The Balaban J connectivity index is 5.27. The molecular formula is C13H28N2O. The normalized spacial score (nSPS) is 15.8. The zero-order chi connectivity index (χ0) is 13.4. The molecule has 0 saturated carbocycles. The van der Waals surface area contributed by atoms with Crippen molar-refractivity contribution < 1.29 is 4.79 Å². The fourth-order valence-electron chi connectivity index (χ4n) is 2.05. The highest BCUT2D eigenvalue weighted by Crippen LogP contribution is 2.46. The molecule has 3 nitrogen and oxygen atoms in total. The van der Waals surface area contributed by atoms with Gasteiger partial charge in [0.1, 0.15) is 0 Å². The van der Waals surface area contributed by atoms with Crippen molar-refractivity contribution in [2.24, 2.45) is 22.0 Å². The van der Waals surface area contributed by atoms with Gasteiger partial charge in [-0.1, -0.05) is 55.4 Å². The van der Waals surface area contributed by atoms with Crippen molar-refractivity contribution in [3.8, 4) is 0 Å². The summed E-state index contributed by atoms with van der Waals surface area (Å²) in [6.07, 6.45) is 0. The SMILES string of the molecule is CC(C)(C)C(NC(N)=O)C(C)(C)C(C)(C)C. The van der Waals surface area contributed by atoms with Crippen LogP contribution in [0.15, 0.2) is 0 Å². The van der Waals surface area contributed by atoms with Crippen LogP contribution in [0.2, 0.25) is 0 Å². The Morgan fingerprint density at radius 2 is 1.38 bits per heavy atom. The summed E-state index contributed by atoms with van der Waals surface area (Å²) in [5.41, 5.74) is 5.31. The standard InChI is InChI=1S/C13H28N2O/c1-11(2,3)9(15-10(14)16)13(7,8)12(4,5)6/h9H,1-8H3,(H3,14,15,16). The molecule has 0 heterocycles. The van der Waals surface area contributed by atoms with Gasteiger partial charge in [-0.3, -0.25) is 0 Å². The topological polar surface area (TPSA) is 55.1 Å². The second-order valence-corrected chi connectivity index (χ2v) is 7.28. The number of hydrogen-bond acceptors (Lipinski definition) is 1. The van der Waals surface area contributed by atoms with Crippen molar-refractivity contribution in [1.29, 1.82) is 0 Å². The molecule has 0 spiro atoms. The van der Waals surface area contributed by atoms with Crippen molar-refractivity contribution in [3.05, 3.63) is 0 Å². The maximum atomic E-state index is 11.1. The summed E-state index contributed by atoms with van der Waals surface area (Å²) >= 11 is 0. The molecule has 0 fully saturated rings. The van der Waals surface area contributed by atoms with Crippen LogP contribution in [0.25, 0.3) is 0 Å². The van der Waals surface area contributed by atoms with E-state index in [1.165, 1.54) is 0 Å². The van der Waals surface area contributed by atoms with E-state index in [1.807, 2.05) is 0 Å². The minimum atomic E-state index is -0.447. The van der Waals surface area contributed by atoms with E-state index in [0.717, 1.165) is 0 Å². The van der Waals surface area contributed by atoms with Gasteiger partial charge >= 0.3 is 6.03 Å². The number of amides is 2. The zero-order valence-electron chi connectivity index (χ0n) is 12.1. The molecule has 0 bridgehead atoms. The molecule has 0 aromatic carbocycles. The van der Waals surface area contributed by atoms with Gasteiger partial charge in [-0.2, -0.15) is 0 Å². The van der Waals surface area contributed by atoms with Crippen LogP contribution in [0.1, 0.15) is 55.4 Å². The molecule has 0 rings (SSSR count). The fraction of sp³-hybridized carbons (Fsp3) is 0.923. The molecule has 1 atom stereocenters. The first-order valence-corrected chi connectivity index (χ1v) is 5.86. The van der Waals surface area contributed by atoms with Crippen molar-refractivity contribution in [3.63, 3.8) is 0 Å². The zero-order valence-corrected chi connectivity index (χ0v) is 12.1. The van der Waals surface area contributed by atoms with Gasteiger partial charge in [-0.05, 0) is 16.2 Å². The number of carbonyl (C=O) groups excluding carboxylic acids is 1. The van der Waals surface area contributed by atoms with Crippen LogP contribution in [0.3, 0.4) is 0 Å². The van der Waals surface area contributed by atoms with Crippen LogP contribution in [0.5, 0.6) is 0 Å². The van der Waals surface area contributed by atoms with Crippen molar-refractivity contribution in [2.75, 3.05) is 0 Å². The Labute approximate surface area is 100 Å². The molecule has 1 unspecified atom stereocenters. The molecule has 3 N–H and O–H groups in total. The molecule has 0 radical (unpaired) electrons. The summed E-state index contributed by atoms with van der Waals surface area (Å²) in [4.78, 5) is 11.1. The Morgan fingerprint density at radius 3 is 1.56 bits per heavy atom. The first-order chi connectivity index (χ1) is 6.80. The van der Waals surface area contributed by atoms with Crippen LogP contribution < -0.4 is 11.1 Å². The molecule has 0 aromatic heterocycles. The average molecular weight is 228 g/mol. The van der Waals surface area contributed by atoms with E-state index in [-0.39, 0.29) is 22.3 Å². The van der Waals surface area contributed by atoms with E-state index in [9.17, 15) is 4.79 Å². The predicted octanol–water partition coefficient (Wildman–Crippen LogP) is 3.14. The summed E-state index contributed by atoms with van der Waals surface area (Å²) < 4.78 is 0. The maximum absolute atomic E-state index is 11.1. The monoisotopic (exact) mass is 228 g/mol. The molecule has 0 aliphatic carbocycles. The molecule has 3 heteroatoms. The van der Waals surface area contributed by atoms with Crippen LogP contribution in [0.4, 0.5) is 4.79 Å². The number of urea groups is 1. The molecular weight excluding hydrogens is 200 g/mol. The minimum absolute atomic E-state index is 0.0220. The Hall–Kier alpha value is -0.730. The van der Waals surface area contributed by atoms with E-state index >= 15 is 0 Å². The third-order valence-corrected chi connectivity index (χ3v) is 3.81. The molecule has 2 amide bonds. The van der Waals surface area contributed by atoms with Gasteiger partial charge in [0.25, 0.3) is 0 Å². The van der Waals surface area contributed by atoms with Crippen LogP contribution in [-0.4, -0.2) is 12.1 Å². The number of hydrogen-bond donors (Lipinski definition) is 2. The minimum Gasteiger partial charge on any atom is -0.352 e. The second kappa shape index (κ2) is 4.27. The van der Waals surface area contributed by atoms with Gasteiger partial charge in [0.2, 0.25) is 0 Å². The summed E-state index contributed by atoms with van der Waals surface area (Å²) in [5.74, 6) is 0. The van der Waals surface area contributed by atoms with Crippen molar-refractivity contribution in [1.82, 2.24) is 5.32 Å². The average Bonchev–Trinajstić information content (AvgIpc) is 1.95. The highest BCUT2D eigenvalue weighted by Gasteiger charge is 2.45. The van der Waals surface area contributed by atoms with Gasteiger partial charge in [0.05, 0.1) is 0 Å². The summed E-state index contributed by atoms with van der Waals surface area (Å²) in [6.45, 7) is 17.3. The third kappa shape index (κ3) is 3.39. The number of rotatable bonds is 2. The van der Waals surface area contributed by atoms with Gasteiger partial charge in [0.15, 0.2) is 0 Å². The number of carbonyl (C=O) groups is 1. The lowest BCUT2D eigenvalue weighted by molar-refractivity contribution is 0.0293. The second-order valence-electron chi connectivity index (χ2n) is 7.28. The van der Waals surface area contributed by atoms with Crippen molar-refractivity contribution in [2.45, 2.75) is 61.4 Å². The highest BCUT2D eigenvalue weighted by atomic mass is 16.2. The summed E-state index contributed by atoms with van der Waals surface area (Å²) in [5, 5.41) is 2.91. The summed E-state index contributed by atoms with van der Waals surface area (Å²) in [6, 6.07) is -0.408. The van der Waals surface area contributed by atoms with Gasteiger partial charge in [-0.25, -0.2) is 4.79 Å². The van der Waals surface area contributed by atoms with Crippen LogP contribution >= 0.6 is 0 Å². The molecule has 0 aromatic rings. The van der Waals surface area contributed by atoms with E-state index in [1.54, 1.807) is 0 Å². The van der Waals surface area contributed by atoms with E-state index in [2.05, 4.69) is 60.7 Å². The van der Waals surface area contributed by atoms with Crippen molar-refractivity contribution >= 4 is 6.03 Å². The molecule has 96 valence electrons. The van der Waals surface area contributed by atoms with Crippen LogP contribution in [0, 0.1) is 16.2 Å². The quantitative estimate of drug-likeness (QED) is 0.749. The highest BCUT2D eigenvalue weighted by molar-refractivity contribution is 5.72. The number of nitrogens with two attached hydrogens (primary N) is 1. The molecule has 0 aliphatic heterocycles. The van der Waals surface area contributed by atoms with Gasteiger partial charge in [-0.15, -0.1) is 0 Å². The fourth-order valence-corrected chi connectivity index (χ4v) is 2.05. The van der Waals surface area contributed by atoms with E-state index < -0.39 is 6.03 Å². The molecule has 0 aliphatic rings. The molecule has 0 saturated heterocycles. The van der Waals surface area contributed by atoms with Gasteiger partial charge in [0, 0.05) is 6.04 Å².